The normalized spacial score (nSPS) is 20.3. The molecule has 7 heteroatoms. The molecule has 0 radical (unpaired) electrons. The predicted molar refractivity (Wildman–Crippen MR) is 111 cm³/mol. The number of rotatable bonds is 8. The molecule has 0 unspecified atom stereocenters. The first kappa shape index (κ1) is 19.6. The van der Waals surface area contributed by atoms with Gasteiger partial charge in [0.2, 0.25) is 0 Å². The summed E-state index contributed by atoms with van der Waals surface area (Å²) in [5.74, 6) is 3.75. The van der Waals surface area contributed by atoms with E-state index in [2.05, 4.69) is 22.7 Å². The summed E-state index contributed by atoms with van der Waals surface area (Å²) in [6.45, 7) is 3.69. The summed E-state index contributed by atoms with van der Waals surface area (Å²) in [7, 11) is 0. The van der Waals surface area contributed by atoms with Crippen LogP contribution in [0, 0.1) is 18.3 Å². The maximum absolute atomic E-state index is 12.8. The number of ether oxygens (including phenoxy) is 1. The van der Waals surface area contributed by atoms with Gasteiger partial charge >= 0.3 is 0 Å². The number of H-pyrrole nitrogens is 1. The van der Waals surface area contributed by atoms with Crippen molar-refractivity contribution < 1.29 is 9.84 Å². The van der Waals surface area contributed by atoms with Gasteiger partial charge in [0.1, 0.15) is 17.3 Å². The van der Waals surface area contributed by atoms with Crippen molar-refractivity contribution in [2.45, 2.75) is 57.7 Å². The highest BCUT2D eigenvalue weighted by molar-refractivity contribution is 7.18. The van der Waals surface area contributed by atoms with Gasteiger partial charge in [-0.25, -0.2) is 4.98 Å². The fourth-order valence-electron chi connectivity index (χ4n) is 4.02. The molecule has 150 valence electrons. The van der Waals surface area contributed by atoms with E-state index in [1.54, 1.807) is 11.3 Å². The largest absolute Gasteiger partial charge is 0.389 e. The Morgan fingerprint density at radius 1 is 1.46 bits per heavy atom. The number of aliphatic hydroxyl groups excluding tert-OH is 1. The number of aromatic amines is 1. The first-order chi connectivity index (χ1) is 13.5. The second kappa shape index (κ2) is 8.34. The average Bonchev–Trinajstić information content (AvgIpc) is 3.42. The van der Waals surface area contributed by atoms with E-state index in [9.17, 15) is 9.90 Å². The highest BCUT2D eigenvalue weighted by atomic mass is 32.1. The lowest BCUT2D eigenvalue weighted by Crippen LogP contribution is -2.37. The molecule has 2 heterocycles. The lowest BCUT2D eigenvalue weighted by molar-refractivity contribution is 0.0237. The molecule has 2 aliphatic carbocycles. The minimum Gasteiger partial charge on any atom is -0.389 e. The lowest BCUT2D eigenvalue weighted by Gasteiger charge is -2.24. The van der Waals surface area contributed by atoms with Crippen LogP contribution in [0.1, 0.15) is 42.5 Å². The molecule has 1 saturated carbocycles. The van der Waals surface area contributed by atoms with Crippen LogP contribution in [0.3, 0.4) is 0 Å². The predicted octanol–water partition coefficient (Wildman–Crippen LogP) is 2.08. The molecule has 1 fully saturated rings. The number of aryl methyl sites for hydroxylation is 1. The standard InChI is InChI=1S/C21H27N3O3S/c1-3-8-27-12-15(25)10-24(14-5-6-14)11-18-22-20(26)19-16-7-4-13(2)9-17(16)28-21(19)23-18/h1,13-15,25H,4-12H2,2H3,(H,22,23,26)/t13-,15+/m0/s1. The fraction of sp³-hybridized carbons (Fsp3) is 0.619. The molecule has 0 spiro atoms. The molecule has 2 aromatic rings. The first-order valence-electron chi connectivity index (χ1n) is 10.0. The van der Waals surface area contributed by atoms with Crippen LogP contribution in [0.5, 0.6) is 0 Å². The Labute approximate surface area is 168 Å². The van der Waals surface area contributed by atoms with Crippen molar-refractivity contribution in [3.05, 3.63) is 26.6 Å². The Bertz CT molecular complexity index is 941. The summed E-state index contributed by atoms with van der Waals surface area (Å²) in [5, 5.41) is 11.0. The summed E-state index contributed by atoms with van der Waals surface area (Å²) in [4.78, 5) is 24.9. The van der Waals surface area contributed by atoms with E-state index in [-0.39, 0.29) is 18.8 Å². The molecule has 0 bridgehead atoms. The zero-order chi connectivity index (χ0) is 19.7. The zero-order valence-electron chi connectivity index (χ0n) is 16.2. The van der Waals surface area contributed by atoms with E-state index >= 15 is 0 Å². The van der Waals surface area contributed by atoms with E-state index in [1.165, 1.54) is 10.4 Å². The van der Waals surface area contributed by atoms with Gasteiger partial charge in [-0.2, -0.15) is 0 Å². The molecule has 2 N–H and O–H groups in total. The third-order valence-corrected chi connectivity index (χ3v) is 6.72. The number of nitrogens with zero attached hydrogens (tertiary/aromatic N) is 2. The van der Waals surface area contributed by atoms with Crippen LogP contribution in [0.15, 0.2) is 4.79 Å². The fourth-order valence-corrected chi connectivity index (χ4v) is 5.42. The summed E-state index contributed by atoms with van der Waals surface area (Å²) >= 11 is 1.67. The maximum Gasteiger partial charge on any atom is 0.259 e. The van der Waals surface area contributed by atoms with Crippen LogP contribution >= 0.6 is 11.3 Å². The van der Waals surface area contributed by atoms with Crippen molar-refractivity contribution in [1.82, 2.24) is 14.9 Å². The quantitative estimate of drug-likeness (QED) is 0.523. The van der Waals surface area contributed by atoms with E-state index in [0.717, 1.165) is 42.3 Å². The van der Waals surface area contributed by atoms with E-state index < -0.39 is 6.10 Å². The lowest BCUT2D eigenvalue weighted by atomic mass is 9.89. The second-order valence-electron chi connectivity index (χ2n) is 8.08. The molecule has 0 aromatic carbocycles. The Hall–Kier alpha value is -1.72. The Morgan fingerprint density at radius 3 is 3.04 bits per heavy atom. The Kier molecular flexibility index (Phi) is 5.83. The molecule has 28 heavy (non-hydrogen) atoms. The first-order valence-corrected chi connectivity index (χ1v) is 10.8. The summed E-state index contributed by atoms with van der Waals surface area (Å²) in [6, 6.07) is 0.431. The van der Waals surface area contributed by atoms with Crippen LogP contribution in [-0.2, 0) is 24.1 Å². The molecular formula is C21H27N3O3S. The third kappa shape index (κ3) is 4.31. The Balaban J connectivity index is 1.51. The van der Waals surface area contributed by atoms with Crippen LogP contribution in [0.2, 0.25) is 0 Å². The van der Waals surface area contributed by atoms with Gasteiger partial charge in [0, 0.05) is 17.5 Å². The SMILES string of the molecule is C#CCOC[C@H](O)CN(Cc1nc2sc3c(c2c(=O)[nH]1)CC[C@H](C)C3)C1CC1. The van der Waals surface area contributed by atoms with Crippen LogP contribution in [0.25, 0.3) is 10.2 Å². The van der Waals surface area contributed by atoms with Gasteiger partial charge in [-0.3, -0.25) is 9.69 Å². The molecule has 4 rings (SSSR count). The van der Waals surface area contributed by atoms with E-state index in [0.29, 0.717) is 30.9 Å². The Morgan fingerprint density at radius 2 is 2.29 bits per heavy atom. The van der Waals surface area contributed by atoms with Gasteiger partial charge in [0.05, 0.1) is 24.6 Å². The molecule has 0 amide bonds. The minimum absolute atomic E-state index is 0.0271. The van der Waals surface area contributed by atoms with Gasteiger partial charge in [0.15, 0.2) is 0 Å². The van der Waals surface area contributed by atoms with E-state index in [1.807, 2.05) is 0 Å². The van der Waals surface area contributed by atoms with E-state index in [4.69, 9.17) is 16.1 Å². The summed E-state index contributed by atoms with van der Waals surface area (Å²) in [6.07, 6.45) is 9.92. The monoisotopic (exact) mass is 401 g/mol. The molecule has 2 atom stereocenters. The van der Waals surface area contributed by atoms with Gasteiger partial charge in [-0.1, -0.05) is 12.8 Å². The smallest absolute Gasteiger partial charge is 0.259 e. The molecule has 2 aliphatic rings. The van der Waals surface area contributed by atoms with Crippen LogP contribution < -0.4 is 5.56 Å². The van der Waals surface area contributed by atoms with Gasteiger partial charge in [-0.15, -0.1) is 17.8 Å². The van der Waals surface area contributed by atoms with Crippen molar-refractivity contribution in [2.75, 3.05) is 19.8 Å². The van der Waals surface area contributed by atoms with Crippen molar-refractivity contribution >= 4 is 21.6 Å². The number of hydrogen-bond acceptors (Lipinski definition) is 6. The minimum atomic E-state index is -0.611. The number of hydrogen-bond donors (Lipinski definition) is 2. The number of aromatic nitrogens is 2. The average molecular weight is 402 g/mol. The van der Waals surface area contributed by atoms with Crippen LogP contribution in [-0.4, -0.2) is 51.9 Å². The van der Waals surface area contributed by atoms with Crippen molar-refractivity contribution in [3.8, 4) is 12.3 Å². The summed E-state index contributed by atoms with van der Waals surface area (Å²) < 4.78 is 5.24. The maximum atomic E-state index is 12.8. The number of aliphatic hydroxyl groups is 1. The molecular weight excluding hydrogens is 374 g/mol. The van der Waals surface area contributed by atoms with Gasteiger partial charge in [0.25, 0.3) is 5.56 Å². The second-order valence-corrected chi connectivity index (χ2v) is 9.16. The molecule has 6 nitrogen and oxygen atoms in total. The number of fused-ring (bicyclic) bond motifs is 3. The zero-order valence-corrected chi connectivity index (χ0v) is 17.1. The van der Waals surface area contributed by atoms with Crippen molar-refractivity contribution in [1.29, 1.82) is 0 Å². The highest BCUT2D eigenvalue weighted by Crippen LogP contribution is 2.36. The number of thiophene rings is 1. The number of nitrogens with one attached hydrogen (secondary N) is 1. The van der Waals surface area contributed by atoms with Crippen LogP contribution in [0.4, 0.5) is 0 Å². The van der Waals surface area contributed by atoms with Crippen molar-refractivity contribution in [2.24, 2.45) is 5.92 Å². The number of terminal acetylenes is 1. The van der Waals surface area contributed by atoms with Gasteiger partial charge in [-0.05, 0) is 43.6 Å². The topological polar surface area (TPSA) is 78.5 Å². The van der Waals surface area contributed by atoms with Crippen molar-refractivity contribution in [3.63, 3.8) is 0 Å². The summed E-state index contributed by atoms with van der Waals surface area (Å²) in [5.41, 5.74) is 1.18. The molecule has 0 aliphatic heterocycles. The molecule has 2 aromatic heterocycles. The molecule has 0 saturated heterocycles. The van der Waals surface area contributed by atoms with Gasteiger partial charge < -0.3 is 14.8 Å². The highest BCUT2D eigenvalue weighted by Gasteiger charge is 2.31. The third-order valence-electron chi connectivity index (χ3n) is 5.57.